The van der Waals surface area contributed by atoms with Gasteiger partial charge in [0.25, 0.3) is 0 Å². The minimum atomic E-state index is -2.19. The van der Waals surface area contributed by atoms with Crippen molar-refractivity contribution >= 4 is 5.97 Å². The van der Waals surface area contributed by atoms with Crippen molar-refractivity contribution in [1.82, 2.24) is 0 Å². The van der Waals surface area contributed by atoms with Crippen LogP contribution in [0.1, 0.15) is 18.5 Å². The summed E-state index contributed by atoms with van der Waals surface area (Å²) in [4.78, 5) is 11.1. The molecule has 3 nitrogen and oxygen atoms in total. The highest BCUT2D eigenvalue weighted by Gasteiger charge is 2.29. The van der Waals surface area contributed by atoms with E-state index in [4.69, 9.17) is 5.73 Å². The number of ether oxygens (including phenoxy) is 1. The number of hydrogen-bond donors (Lipinski definition) is 1. The zero-order chi connectivity index (χ0) is 13.0. The molecule has 0 aliphatic carbocycles. The van der Waals surface area contributed by atoms with Gasteiger partial charge in [-0.05, 0) is 13.0 Å². The van der Waals surface area contributed by atoms with E-state index in [0.717, 1.165) is 12.1 Å². The monoisotopic (exact) mass is 247 g/mol. The van der Waals surface area contributed by atoms with E-state index in [1.165, 1.54) is 6.92 Å². The third-order valence-electron chi connectivity index (χ3n) is 2.15. The Morgan fingerprint density at radius 3 is 2.65 bits per heavy atom. The molecule has 0 bridgehead atoms. The van der Waals surface area contributed by atoms with Gasteiger partial charge in [0.2, 0.25) is 6.17 Å². The number of alkyl halides is 1. The number of carbonyl (C=O) groups is 1. The fourth-order valence-corrected chi connectivity index (χ4v) is 1.30. The summed E-state index contributed by atoms with van der Waals surface area (Å²) >= 11 is 0. The zero-order valence-electron chi connectivity index (χ0n) is 9.12. The van der Waals surface area contributed by atoms with Crippen LogP contribution in [-0.4, -0.2) is 18.7 Å². The Morgan fingerprint density at radius 2 is 2.12 bits per heavy atom. The van der Waals surface area contributed by atoms with Crippen LogP contribution in [0.15, 0.2) is 18.2 Å². The fourth-order valence-electron chi connectivity index (χ4n) is 1.30. The molecule has 17 heavy (non-hydrogen) atoms. The van der Waals surface area contributed by atoms with Gasteiger partial charge in [-0.2, -0.15) is 0 Å². The van der Waals surface area contributed by atoms with Crippen LogP contribution in [0, 0.1) is 11.6 Å². The normalized spacial score (nSPS) is 14.2. The quantitative estimate of drug-likeness (QED) is 0.826. The predicted octanol–water partition coefficient (Wildman–Crippen LogP) is 1.87. The van der Waals surface area contributed by atoms with E-state index in [2.05, 4.69) is 4.74 Å². The molecule has 0 aliphatic heterocycles. The molecule has 0 amide bonds. The van der Waals surface area contributed by atoms with E-state index in [9.17, 15) is 18.0 Å². The van der Waals surface area contributed by atoms with E-state index in [1.54, 1.807) is 0 Å². The van der Waals surface area contributed by atoms with Crippen molar-refractivity contribution in [2.75, 3.05) is 6.61 Å². The van der Waals surface area contributed by atoms with Crippen molar-refractivity contribution in [3.05, 3.63) is 35.4 Å². The Balaban J connectivity index is 2.88. The van der Waals surface area contributed by atoms with Crippen LogP contribution in [-0.2, 0) is 9.53 Å². The third kappa shape index (κ3) is 3.20. The average Bonchev–Trinajstić information content (AvgIpc) is 2.27. The van der Waals surface area contributed by atoms with Crippen molar-refractivity contribution in [3.63, 3.8) is 0 Å². The van der Waals surface area contributed by atoms with Gasteiger partial charge < -0.3 is 10.5 Å². The molecule has 0 radical (unpaired) electrons. The molecule has 1 aromatic carbocycles. The molecule has 2 atom stereocenters. The summed E-state index contributed by atoms with van der Waals surface area (Å²) in [5.41, 5.74) is 5.11. The zero-order valence-corrected chi connectivity index (χ0v) is 9.12. The molecule has 0 aliphatic rings. The fraction of sp³-hybridized carbons (Fsp3) is 0.364. The Hall–Kier alpha value is -1.56. The van der Waals surface area contributed by atoms with Gasteiger partial charge in [0, 0.05) is 11.6 Å². The first kappa shape index (κ1) is 13.5. The Labute approximate surface area is 96.4 Å². The van der Waals surface area contributed by atoms with Crippen molar-refractivity contribution in [3.8, 4) is 0 Å². The van der Waals surface area contributed by atoms with Crippen LogP contribution in [0.3, 0.4) is 0 Å². The second-order valence-corrected chi connectivity index (χ2v) is 3.35. The highest BCUT2D eigenvalue weighted by molar-refractivity contribution is 5.75. The second-order valence-electron chi connectivity index (χ2n) is 3.35. The lowest BCUT2D eigenvalue weighted by molar-refractivity contribution is -0.149. The van der Waals surface area contributed by atoms with Crippen LogP contribution >= 0.6 is 0 Å². The van der Waals surface area contributed by atoms with Crippen molar-refractivity contribution in [2.45, 2.75) is 19.1 Å². The average molecular weight is 247 g/mol. The maximum Gasteiger partial charge on any atom is 0.342 e. The maximum atomic E-state index is 13.5. The minimum absolute atomic E-state index is 0.00211. The number of rotatable bonds is 4. The molecule has 0 spiro atoms. The van der Waals surface area contributed by atoms with Gasteiger partial charge in [-0.15, -0.1) is 0 Å². The minimum Gasteiger partial charge on any atom is -0.464 e. The molecule has 1 unspecified atom stereocenters. The largest absolute Gasteiger partial charge is 0.464 e. The summed E-state index contributed by atoms with van der Waals surface area (Å²) in [6.07, 6.45) is -2.19. The molecular formula is C11H12F3NO2. The highest BCUT2D eigenvalue weighted by atomic mass is 19.1. The Morgan fingerprint density at radius 1 is 1.47 bits per heavy atom. The van der Waals surface area contributed by atoms with E-state index in [0.29, 0.717) is 6.07 Å². The van der Waals surface area contributed by atoms with E-state index < -0.39 is 29.8 Å². The number of benzene rings is 1. The molecule has 94 valence electrons. The summed E-state index contributed by atoms with van der Waals surface area (Å²) in [5.74, 6) is -2.96. The van der Waals surface area contributed by atoms with Gasteiger partial charge in [-0.3, -0.25) is 0 Å². The summed E-state index contributed by atoms with van der Waals surface area (Å²) in [6, 6.07) is 0.999. The topological polar surface area (TPSA) is 52.3 Å². The van der Waals surface area contributed by atoms with Crippen LogP contribution in [0.25, 0.3) is 0 Å². The second kappa shape index (κ2) is 5.67. The van der Waals surface area contributed by atoms with Crippen LogP contribution < -0.4 is 5.73 Å². The molecule has 1 aromatic rings. The lowest BCUT2D eigenvalue weighted by Crippen LogP contribution is -2.32. The summed E-state index contributed by atoms with van der Waals surface area (Å²) < 4.78 is 43.8. The first-order valence-corrected chi connectivity index (χ1v) is 4.98. The number of esters is 1. The molecule has 0 saturated heterocycles. The first-order chi connectivity index (χ1) is 7.97. The molecule has 1 rings (SSSR count). The summed E-state index contributed by atoms with van der Waals surface area (Å²) in [6.45, 7) is 1.51. The SMILES string of the molecule is CCOC(=O)C(F)[C@@H](N)c1ccc(F)cc1F. The van der Waals surface area contributed by atoms with E-state index in [-0.39, 0.29) is 12.2 Å². The lowest BCUT2D eigenvalue weighted by Gasteiger charge is -2.16. The maximum absolute atomic E-state index is 13.5. The van der Waals surface area contributed by atoms with Gasteiger partial charge in [-0.25, -0.2) is 18.0 Å². The van der Waals surface area contributed by atoms with Crippen molar-refractivity contribution < 1.29 is 22.7 Å². The number of carbonyl (C=O) groups excluding carboxylic acids is 1. The lowest BCUT2D eigenvalue weighted by atomic mass is 10.0. The van der Waals surface area contributed by atoms with E-state index >= 15 is 0 Å². The standard InChI is InChI=1S/C11H12F3NO2/c1-2-17-11(16)9(14)10(15)7-4-3-6(12)5-8(7)13/h3-5,9-10H,2,15H2,1H3/t9?,10-/m0/s1. The molecule has 0 aromatic heterocycles. The third-order valence-corrected chi connectivity index (χ3v) is 2.15. The predicted molar refractivity (Wildman–Crippen MR) is 54.8 cm³/mol. The van der Waals surface area contributed by atoms with Crippen LogP contribution in [0.2, 0.25) is 0 Å². The number of halogens is 3. The van der Waals surface area contributed by atoms with Gasteiger partial charge in [0.05, 0.1) is 12.6 Å². The Bertz CT molecular complexity index is 412. The molecule has 6 heteroatoms. The number of hydrogen-bond acceptors (Lipinski definition) is 3. The molecule has 0 fully saturated rings. The Kier molecular flexibility index (Phi) is 4.51. The van der Waals surface area contributed by atoms with Gasteiger partial charge in [-0.1, -0.05) is 6.07 Å². The van der Waals surface area contributed by atoms with E-state index in [1.807, 2.05) is 0 Å². The van der Waals surface area contributed by atoms with Gasteiger partial charge in [0.15, 0.2) is 0 Å². The summed E-state index contributed by atoms with van der Waals surface area (Å²) in [7, 11) is 0. The molecule has 2 N–H and O–H groups in total. The molecule has 0 heterocycles. The van der Waals surface area contributed by atoms with Crippen LogP contribution in [0.5, 0.6) is 0 Å². The van der Waals surface area contributed by atoms with Gasteiger partial charge in [0.1, 0.15) is 11.6 Å². The van der Waals surface area contributed by atoms with Crippen molar-refractivity contribution in [2.24, 2.45) is 5.73 Å². The smallest absolute Gasteiger partial charge is 0.342 e. The van der Waals surface area contributed by atoms with Gasteiger partial charge >= 0.3 is 5.97 Å². The molecular weight excluding hydrogens is 235 g/mol. The van der Waals surface area contributed by atoms with Crippen molar-refractivity contribution in [1.29, 1.82) is 0 Å². The summed E-state index contributed by atoms with van der Waals surface area (Å²) in [5, 5.41) is 0. The van der Waals surface area contributed by atoms with Crippen LogP contribution in [0.4, 0.5) is 13.2 Å². The molecule has 0 saturated carbocycles. The highest BCUT2D eigenvalue weighted by Crippen LogP contribution is 2.21. The first-order valence-electron chi connectivity index (χ1n) is 4.98. The number of nitrogens with two attached hydrogens (primary N) is 1.